The van der Waals surface area contributed by atoms with Gasteiger partial charge in [0.1, 0.15) is 0 Å². The zero-order valence-electron chi connectivity index (χ0n) is 12.3. The molecule has 21 heavy (non-hydrogen) atoms. The standard InChI is InChI=1S/C14H21N3O3S/c1-10(15)3-6-14(18)17-8-7-11-9-12(4-5-13(11)17)21(19,20)16-2/h4-5,9-10,16H,3,6-8,15H2,1-2H3. The van der Waals surface area contributed by atoms with Gasteiger partial charge < -0.3 is 10.6 Å². The van der Waals surface area contributed by atoms with Gasteiger partial charge in [0.15, 0.2) is 0 Å². The average molecular weight is 311 g/mol. The Morgan fingerprint density at radius 3 is 2.81 bits per heavy atom. The van der Waals surface area contributed by atoms with E-state index in [2.05, 4.69) is 4.72 Å². The minimum absolute atomic E-state index is 0.000768. The van der Waals surface area contributed by atoms with E-state index in [4.69, 9.17) is 5.73 Å². The summed E-state index contributed by atoms with van der Waals surface area (Å²) in [6.45, 7) is 2.47. The maximum absolute atomic E-state index is 12.2. The number of carbonyl (C=O) groups is 1. The molecule has 3 N–H and O–H groups in total. The van der Waals surface area contributed by atoms with Crippen molar-refractivity contribution < 1.29 is 13.2 Å². The summed E-state index contributed by atoms with van der Waals surface area (Å²) in [5, 5.41) is 0. The molecule has 1 atom stereocenters. The van der Waals surface area contributed by atoms with Crippen LogP contribution >= 0.6 is 0 Å². The van der Waals surface area contributed by atoms with Crippen LogP contribution in [-0.2, 0) is 21.2 Å². The molecule has 1 aliphatic heterocycles. The summed E-state index contributed by atoms with van der Waals surface area (Å²) in [5.41, 5.74) is 7.37. The number of carbonyl (C=O) groups excluding carboxylic acids is 1. The van der Waals surface area contributed by atoms with Crippen LogP contribution in [0.3, 0.4) is 0 Å². The van der Waals surface area contributed by atoms with Crippen LogP contribution in [0, 0.1) is 0 Å². The molecule has 0 saturated heterocycles. The molecule has 1 heterocycles. The van der Waals surface area contributed by atoms with Gasteiger partial charge in [0.05, 0.1) is 4.90 Å². The van der Waals surface area contributed by atoms with E-state index in [9.17, 15) is 13.2 Å². The minimum Gasteiger partial charge on any atom is -0.328 e. The van der Waals surface area contributed by atoms with Crippen molar-refractivity contribution in [2.24, 2.45) is 5.73 Å². The lowest BCUT2D eigenvalue weighted by Gasteiger charge is -2.18. The van der Waals surface area contributed by atoms with Gasteiger partial charge in [-0.25, -0.2) is 13.1 Å². The quantitative estimate of drug-likeness (QED) is 0.833. The highest BCUT2D eigenvalue weighted by atomic mass is 32.2. The topological polar surface area (TPSA) is 92.5 Å². The number of benzene rings is 1. The summed E-state index contributed by atoms with van der Waals surface area (Å²) in [6, 6.07) is 4.87. The monoisotopic (exact) mass is 311 g/mol. The highest BCUT2D eigenvalue weighted by Crippen LogP contribution is 2.30. The summed E-state index contributed by atoms with van der Waals surface area (Å²) in [7, 11) is -2.07. The highest BCUT2D eigenvalue weighted by Gasteiger charge is 2.26. The number of hydrogen-bond acceptors (Lipinski definition) is 4. The van der Waals surface area contributed by atoms with E-state index in [0.29, 0.717) is 25.8 Å². The third kappa shape index (κ3) is 3.42. The maximum Gasteiger partial charge on any atom is 0.240 e. The molecule has 2 rings (SSSR count). The van der Waals surface area contributed by atoms with Crippen LogP contribution in [0.15, 0.2) is 23.1 Å². The van der Waals surface area contributed by atoms with Crippen LogP contribution < -0.4 is 15.4 Å². The van der Waals surface area contributed by atoms with Crippen LogP contribution in [0.4, 0.5) is 5.69 Å². The van der Waals surface area contributed by atoms with Crippen molar-refractivity contribution in [1.82, 2.24) is 4.72 Å². The Morgan fingerprint density at radius 2 is 2.19 bits per heavy atom. The number of rotatable bonds is 5. The van der Waals surface area contributed by atoms with E-state index < -0.39 is 10.0 Å². The molecule has 1 aromatic rings. The van der Waals surface area contributed by atoms with Crippen LogP contribution in [-0.4, -0.2) is 34.0 Å². The predicted molar refractivity (Wildman–Crippen MR) is 81.6 cm³/mol. The van der Waals surface area contributed by atoms with Crippen molar-refractivity contribution in [1.29, 1.82) is 0 Å². The maximum atomic E-state index is 12.2. The smallest absolute Gasteiger partial charge is 0.240 e. The second kappa shape index (κ2) is 6.13. The van der Waals surface area contributed by atoms with Gasteiger partial charge >= 0.3 is 0 Å². The lowest BCUT2D eigenvalue weighted by atomic mass is 10.1. The number of sulfonamides is 1. The highest BCUT2D eigenvalue weighted by molar-refractivity contribution is 7.89. The molecule has 116 valence electrons. The first-order valence-corrected chi connectivity index (χ1v) is 8.46. The Balaban J connectivity index is 2.20. The Morgan fingerprint density at radius 1 is 1.48 bits per heavy atom. The molecule has 1 aliphatic rings. The average Bonchev–Trinajstić information content (AvgIpc) is 2.87. The number of nitrogens with two attached hydrogens (primary N) is 1. The second-order valence-corrected chi connectivity index (χ2v) is 7.20. The molecule has 0 spiro atoms. The zero-order valence-corrected chi connectivity index (χ0v) is 13.1. The fraction of sp³-hybridized carbons (Fsp3) is 0.500. The Hall–Kier alpha value is -1.44. The fourth-order valence-electron chi connectivity index (χ4n) is 2.41. The summed E-state index contributed by atoms with van der Waals surface area (Å²) < 4.78 is 25.9. The van der Waals surface area contributed by atoms with E-state index in [1.165, 1.54) is 13.1 Å². The van der Waals surface area contributed by atoms with Gasteiger partial charge in [-0.2, -0.15) is 0 Å². The number of nitrogens with one attached hydrogen (secondary N) is 1. The largest absolute Gasteiger partial charge is 0.328 e. The third-order valence-electron chi connectivity index (χ3n) is 3.64. The first-order chi connectivity index (χ1) is 9.85. The van der Waals surface area contributed by atoms with E-state index >= 15 is 0 Å². The third-order valence-corrected chi connectivity index (χ3v) is 5.05. The summed E-state index contributed by atoms with van der Waals surface area (Å²) >= 11 is 0. The molecular formula is C14H21N3O3S. The first-order valence-electron chi connectivity index (χ1n) is 6.97. The van der Waals surface area contributed by atoms with Gasteiger partial charge in [-0.1, -0.05) is 0 Å². The van der Waals surface area contributed by atoms with Crippen molar-refractivity contribution in [3.05, 3.63) is 23.8 Å². The van der Waals surface area contributed by atoms with Gasteiger partial charge in [-0.15, -0.1) is 0 Å². The van der Waals surface area contributed by atoms with Crippen LogP contribution in [0.5, 0.6) is 0 Å². The SMILES string of the molecule is CNS(=O)(=O)c1ccc2c(c1)CCN2C(=O)CCC(C)N. The van der Waals surface area contributed by atoms with Crippen molar-refractivity contribution >= 4 is 21.6 Å². The van der Waals surface area contributed by atoms with Crippen molar-refractivity contribution in [2.75, 3.05) is 18.5 Å². The lowest BCUT2D eigenvalue weighted by molar-refractivity contribution is -0.118. The molecule has 0 fully saturated rings. The molecule has 6 nitrogen and oxygen atoms in total. The van der Waals surface area contributed by atoms with Gasteiger partial charge in [0.25, 0.3) is 0 Å². The van der Waals surface area contributed by atoms with Crippen molar-refractivity contribution in [3.63, 3.8) is 0 Å². The molecule has 1 amide bonds. The second-order valence-electron chi connectivity index (χ2n) is 5.31. The van der Waals surface area contributed by atoms with E-state index in [1.54, 1.807) is 17.0 Å². The number of nitrogens with zero attached hydrogens (tertiary/aromatic N) is 1. The van der Waals surface area contributed by atoms with Crippen LogP contribution in [0.2, 0.25) is 0 Å². The Kier molecular flexibility index (Phi) is 4.65. The summed E-state index contributed by atoms with van der Waals surface area (Å²) in [5.74, 6) is 0.0373. The molecule has 0 radical (unpaired) electrons. The summed E-state index contributed by atoms with van der Waals surface area (Å²) in [6.07, 6.45) is 1.73. The Bertz CT molecular complexity index is 641. The van der Waals surface area contributed by atoms with E-state index in [0.717, 1.165) is 11.3 Å². The van der Waals surface area contributed by atoms with Gasteiger partial charge in [0, 0.05) is 24.7 Å². The fourth-order valence-corrected chi connectivity index (χ4v) is 3.19. The van der Waals surface area contributed by atoms with Crippen LogP contribution in [0.1, 0.15) is 25.3 Å². The normalized spacial score (nSPS) is 15.9. The molecule has 0 aromatic heterocycles. The first kappa shape index (κ1) is 15.9. The summed E-state index contributed by atoms with van der Waals surface area (Å²) in [4.78, 5) is 14.1. The van der Waals surface area contributed by atoms with Gasteiger partial charge in [-0.05, 0) is 50.6 Å². The van der Waals surface area contributed by atoms with Crippen LogP contribution in [0.25, 0.3) is 0 Å². The molecular weight excluding hydrogens is 290 g/mol. The minimum atomic E-state index is -3.45. The molecule has 1 aromatic carbocycles. The molecule has 1 unspecified atom stereocenters. The van der Waals surface area contributed by atoms with Gasteiger partial charge in [-0.3, -0.25) is 4.79 Å². The predicted octanol–water partition coefficient (Wildman–Crippen LogP) is 0.611. The van der Waals surface area contributed by atoms with Crippen molar-refractivity contribution in [2.45, 2.75) is 37.1 Å². The van der Waals surface area contributed by atoms with Crippen molar-refractivity contribution in [3.8, 4) is 0 Å². The van der Waals surface area contributed by atoms with Gasteiger partial charge in [0.2, 0.25) is 15.9 Å². The number of amides is 1. The van der Waals surface area contributed by atoms with E-state index in [-0.39, 0.29) is 16.8 Å². The Labute approximate surface area is 125 Å². The number of hydrogen-bond donors (Lipinski definition) is 2. The molecule has 0 saturated carbocycles. The number of anilines is 1. The molecule has 0 bridgehead atoms. The van der Waals surface area contributed by atoms with E-state index in [1.807, 2.05) is 6.92 Å². The molecule has 0 aliphatic carbocycles. The lowest BCUT2D eigenvalue weighted by Crippen LogP contribution is -2.30. The number of fused-ring (bicyclic) bond motifs is 1. The molecule has 7 heteroatoms. The zero-order chi connectivity index (χ0) is 15.6.